The Kier molecular flexibility index (Phi) is 5.12. The van der Waals surface area contributed by atoms with Gasteiger partial charge in [-0.2, -0.15) is 0 Å². The molecule has 0 aromatic rings. The first kappa shape index (κ1) is 14.2. The molecule has 2 saturated heterocycles. The number of likely N-dealkylation sites (tertiary alicyclic amines) is 1. The monoisotopic (exact) mass is 271 g/mol. The Morgan fingerprint density at radius 2 is 1.79 bits per heavy atom. The van der Waals surface area contributed by atoms with Gasteiger partial charge in [-0.3, -0.25) is 19.9 Å². The van der Waals surface area contributed by atoms with E-state index in [1.54, 1.807) is 0 Å². The van der Waals surface area contributed by atoms with Crippen molar-refractivity contribution in [2.75, 3.05) is 45.9 Å². The molecule has 0 spiro atoms. The molecule has 0 bridgehead atoms. The van der Waals surface area contributed by atoms with Gasteiger partial charge in [-0.15, -0.1) is 0 Å². The summed E-state index contributed by atoms with van der Waals surface area (Å²) >= 11 is 0. The van der Waals surface area contributed by atoms with Gasteiger partial charge in [-0.1, -0.05) is 0 Å². The molecule has 2 rings (SSSR count). The van der Waals surface area contributed by atoms with Crippen LogP contribution in [0.4, 0.5) is 0 Å². The van der Waals surface area contributed by atoms with Crippen LogP contribution in [0.25, 0.3) is 0 Å². The van der Waals surface area contributed by atoms with Crippen LogP contribution in [0.5, 0.6) is 0 Å². The standard InChI is InChI=1S/C12H21N3O4/c16-11(13-15-5-7-19-8-6-15)9-14-3-1-10(2-4-14)12(17)18/h10H,1-9H2,(H,13,16)(H,17,18). The number of hydrogen-bond donors (Lipinski definition) is 2. The summed E-state index contributed by atoms with van der Waals surface area (Å²) in [6.45, 7) is 4.40. The lowest BCUT2D eigenvalue weighted by Gasteiger charge is -2.31. The van der Waals surface area contributed by atoms with Crippen LogP contribution >= 0.6 is 0 Å². The minimum atomic E-state index is -0.725. The molecule has 7 heteroatoms. The van der Waals surface area contributed by atoms with Crippen molar-refractivity contribution in [3.63, 3.8) is 0 Å². The number of aliphatic carboxylic acids is 1. The molecule has 0 radical (unpaired) electrons. The Morgan fingerprint density at radius 3 is 2.37 bits per heavy atom. The Bertz CT molecular complexity index is 323. The summed E-state index contributed by atoms with van der Waals surface area (Å²) in [5, 5.41) is 10.8. The topological polar surface area (TPSA) is 82.1 Å². The molecular formula is C12H21N3O4. The van der Waals surface area contributed by atoms with Gasteiger partial charge in [-0.05, 0) is 25.9 Å². The Labute approximate surface area is 112 Å². The number of ether oxygens (including phenoxy) is 1. The number of nitrogens with one attached hydrogen (secondary N) is 1. The van der Waals surface area contributed by atoms with Gasteiger partial charge < -0.3 is 9.84 Å². The van der Waals surface area contributed by atoms with Gasteiger partial charge in [-0.25, -0.2) is 5.01 Å². The highest BCUT2D eigenvalue weighted by molar-refractivity contribution is 5.77. The van der Waals surface area contributed by atoms with Crippen molar-refractivity contribution in [3.8, 4) is 0 Å². The zero-order chi connectivity index (χ0) is 13.7. The number of hydrogen-bond acceptors (Lipinski definition) is 5. The van der Waals surface area contributed by atoms with Crippen molar-refractivity contribution in [2.24, 2.45) is 5.92 Å². The molecule has 108 valence electrons. The van der Waals surface area contributed by atoms with Crippen LogP contribution in [0.2, 0.25) is 0 Å². The fourth-order valence-corrected chi connectivity index (χ4v) is 2.43. The quantitative estimate of drug-likeness (QED) is 0.693. The molecular weight excluding hydrogens is 250 g/mol. The molecule has 1 amide bonds. The fourth-order valence-electron chi connectivity index (χ4n) is 2.43. The van der Waals surface area contributed by atoms with Crippen LogP contribution in [0.1, 0.15) is 12.8 Å². The van der Waals surface area contributed by atoms with Crippen LogP contribution < -0.4 is 5.43 Å². The van der Waals surface area contributed by atoms with E-state index in [1.807, 2.05) is 9.91 Å². The maximum Gasteiger partial charge on any atom is 0.306 e. The molecule has 2 aliphatic heterocycles. The van der Waals surface area contributed by atoms with E-state index in [0.717, 1.165) is 0 Å². The Hall–Kier alpha value is -1.18. The minimum absolute atomic E-state index is 0.0318. The van der Waals surface area contributed by atoms with Crippen molar-refractivity contribution in [2.45, 2.75) is 12.8 Å². The first-order valence-corrected chi connectivity index (χ1v) is 6.72. The molecule has 0 aromatic heterocycles. The molecule has 0 aromatic carbocycles. The third-order valence-electron chi connectivity index (χ3n) is 3.60. The minimum Gasteiger partial charge on any atom is -0.481 e. The smallest absolute Gasteiger partial charge is 0.306 e. The van der Waals surface area contributed by atoms with Crippen LogP contribution in [0, 0.1) is 5.92 Å². The van der Waals surface area contributed by atoms with E-state index in [9.17, 15) is 9.59 Å². The first-order chi connectivity index (χ1) is 9.15. The molecule has 2 fully saturated rings. The average molecular weight is 271 g/mol. The van der Waals surface area contributed by atoms with Gasteiger partial charge in [0.15, 0.2) is 0 Å². The zero-order valence-corrected chi connectivity index (χ0v) is 11.0. The number of carbonyl (C=O) groups is 2. The molecule has 19 heavy (non-hydrogen) atoms. The predicted octanol–water partition coefficient (Wildman–Crippen LogP) is -0.854. The van der Waals surface area contributed by atoms with Gasteiger partial charge in [0, 0.05) is 13.1 Å². The highest BCUT2D eigenvalue weighted by Crippen LogP contribution is 2.16. The SMILES string of the molecule is O=C(CN1CCC(C(=O)O)CC1)NN1CCOCC1. The molecule has 0 unspecified atom stereocenters. The van der Waals surface area contributed by atoms with Crippen LogP contribution in [-0.4, -0.2) is 72.8 Å². The summed E-state index contributed by atoms with van der Waals surface area (Å²) in [6, 6.07) is 0. The van der Waals surface area contributed by atoms with E-state index in [4.69, 9.17) is 9.84 Å². The first-order valence-electron chi connectivity index (χ1n) is 6.72. The molecule has 2 heterocycles. The lowest BCUT2D eigenvalue weighted by molar-refractivity contribution is -0.143. The van der Waals surface area contributed by atoms with E-state index in [1.165, 1.54) is 0 Å². The van der Waals surface area contributed by atoms with Crippen molar-refractivity contribution in [1.82, 2.24) is 15.3 Å². The lowest BCUT2D eigenvalue weighted by atomic mass is 9.97. The maximum absolute atomic E-state index is 11.8. The fraction of sp³-hybridized carbons (Fsp3) is 0.833. The van der Waals surface area contributed by atoms with Crippen LogP contribution in [-0.2, 0) is 14.3 Å². The number of carbonyl (C=O) groups excluding carboxylic acids is 1. The molecule has 2 aliphatic rings. The molecule has 0 saturated carbocycles. The number of nitrogens with zero attached hydrogens (tertiary/aromatic N) is 2. The highest BCUT2D eigenvalue weighted by atomic mass is 16.5. The molecule has 0 aliphatic carbocycles. The van der Waals surface area contributed by atoms with Crippen molar-refractivity contribution < 1.29 is 19.4 Å². The predicted molar refractivity (Wildman–Crippen MR) is 67.3 cm³/mol. The maximum atomic E-state index is 11.8. The van der Waals surface area contributed by atoms with Crippen molar-refractivity contribution in [1.29, 1.82) is 0 Å². The number of piperidine rings is 1. The summed E-state index contributed by atoms with van der Waals surface area (Å²) < 4.78 is 5.21. The van der Waals surface area contributed by atoms with E-state index >= 15 is 0 Å². The van der Waals surface area contributed by atoms with Gasteiger partial charge in [0.2, 0.25) is 5.91 Å². The summed E-state index contributed by atoms with van der Waals surface area (Å²) in [4.78, 5) is 24.7. The van der Waals surface area contributed by atoms with Gasteiger partial charge in [0.1, 0.15) is 0 Å². The summed E-state index contributed by atoms with van der Waals surface area (Å²) in [5.41, 5.74) is 2.86. The zero-order valence-electron chi connectivity index (χ0n) is 11.0. The second kappa shape index (κ2) is 6.83. The number of amides is 1. The van der Waals surface area contributed by atoms with Crippen molar-refractivity contribution in [3.05, 3.63) is 0 Å². The summed E-state index contributed by atoms with van der Waals surface area (Å²) in [7, 11) is 0. The van der Waals surface area contributed by atoms with Crippen molar-refractivity contribution >= 4 is 11.9 Å². The summed E-state index contributed by atoms with van der Waals surface area (Å²) in [6.07, 6.45) is 1.25. The van der Waals surface area contributed by atoms with E-state index in [0.29, 0.717) is 58.8 Å². The third-order valence-corrected chi connectivity index (χ3v) is 3.60. The van der Waals surface area contributed by atoms with Crippen LogP contribution in [0.15, 0.2) is 0 Å². The Balaban J connectivity index is 1.67. The summed E-state index contributed by atoms with van der Waals surface area (Å²) in [5.74, 6) is -1.01. The lowest BCUT2D eigenvalue weighted by Crippen LogP contribution is -2.51. The van der Waals surface area contributed by atoms with Gasteiger partial charge in [0.05, 0.1) is 25.7 Å². The third kappa shape index (κ3) is 4.45. The molecule has 7 nitrogen and oxygen atoms in total. The second-order valence-electron chi connectivity index (χ2n) is 5.02. The largest absolute Gasteiger partial charge is 0.481 e. The Morgan fingerprint density at radius 1 is 1.16 bits per heavy atom. The van der Waals surface area contributed by atoms with E-state index in [-0.39, 0.29) is 11.8 Å². The highest BCUT2D eigenvalue weighted by Gasteiger charge is 2.25. The van der Waals surface area contributed by atoms with Gasteiger partial charge >= 0.3 is 5.97 Å². The number of rotatable bonds is 4. The van der Waals surface area contributed by atoms with E-state index < -0.39 is 5.97 Å². The average Bonchev–Trinajstić information content (AvgIpc) is 2.40. The second-order valence-corrected chi connectivity index (χ2v) is 5.02. The van der Waals surface area contributed by atoms with Crippen LogP contribution in [0.3, 0.4) is 0 Å². The van der Waals surface area contributed by atoms with Gasteiger partial charge in [0.25, 0.3) is 0 Å². The van der Waals surface area contributed by atoms with E-state index in [2.05, 4.69) is 5.43 Å². The molecule has 2 N–H and O–H groups in total. The number of carboxylic acid groups (broad SMARTS) is 1. The number of carboxylic acids is 1. The molecule has 0 atom stereocenters. The number of morpholine rings is 1. The normalized spacial score (nSPS) is 23.2. The number of hydrazine groups is 1.